The molecule has 0 saturated carbocycles. The van der Waals surface area contributed by atoms with Crippen LogP contribution in [0.3, 0.4) is 0 Å². The maximum atomic E-state index is 12.7. The fraction of sp³-hybridized carbons (Fsp3) is 0.158. The van der Waals surface area contributed by atoms with E-state index in [9.17, 15) is 13.2 Å². The van der Waals surface area contributed by atoms with Crippen molar-refractivity contribution in [2.24, 2.45) is 7.05 Å². The van der Waals surface area contributed by atoms with Crippen LogP contribution in [0.25, 0.3) is 0 Å². The molecular weight excluding hydrogens is 467 g/mol. The third-order valence-electron chi connectivity index (χ3n) is 4.08. The van der Waals surface area contributed by atoms with E-state index in [0.29, 0.717) is 15.7 Å². The van der Waals surface area contributed by atoms with Crippen molar-refractivity contribution in [3.63, 3.8) is 0 Å². The Kier molecular flexibility index (Phi) is 7.10. The van der Waals surface area contributed by atoms with E-state index in [2.05, 4.69) is 10.3 Å². The Hall–Kier alpha value is -2.04. The maximum Gasteiger partial charge on any atom is 0.243 e. The molecule has 0 bridgehead atoms. The van der Waals surface area contributed by atoms with E-state index in [1.165, 1.54) is 43.1 Å². The van der Waals surface area contributed by atoms with Crippen LogP contribution in [0.5, 0.6) is 0 Å². The van der Waals surface area contributed by atoms with Crippen LogP contribution in [0.4, 0.5) is 5.69 Å². The summed E-state index contributed by atoms with van der Waals surface area (Å²) in [5.74, 6) is -0.501. The van der Waals surface area contributed by atoms with Crippen LogP contribution in [-0.4, -0.2) is 41.8 Å². The molecule has 0 aliphatic carbocycles. The first-order chi connectivity index (χ1) is 14.2. The molecule has 11 heteroatoms. The van der Waals surface area contributed by atoms with Gasteiger partial charge in [0, 0.05) is 41.4 Å². The fourth-order valence-electron chi connectivity index (χ4n) is 2.50. The molecule has 1 N–H and O–H groups in total. The Bertz CT molecular complexity index is 1160. The smallest absolute Gasteiger partial charge is 0.243 e. The zero-order valence-corrected chi connectivity index (χ0v) is 19.2. The second kappa shape index (κ2) is 9.40. The summed E-state index contributed by atoms with van der Waals surface area (Å²) in [4.78, 5) is 17.6. The summed E-state index contributed by atoms with van der Waals surface area (Å²) in [6, 6.07) is 10.8. The van der Waals surface area contributed by atoms with E-state index in [0.717, 1.165) is 14.4 Å². The quantitative estimate of drug-likeness (QED) is 0.544. The highest BCUT2D eigenvalue weighted by atomic mass is 35.5. The highest BCUT2D eigenvalue weighted by Crippen LogP contribution is 2.34. The third kappa shape index (κ3) is 5.35. The van der Waals surface area contributed by atoms with E-state index in [1.807, 2.05) is 17.8 Å². The maximum absolute atomic E-state index is 12.7. The molecule has 2 aromatic carbocycles. The fourth-order valence-corrected chi connectivity index (χ4v) is 4.80. The van der Waals surface area contributed by atoms with Gasteiger partial charge in [0.25, 0.3) is 0 Å². The molecule has 3 rings (SSSR count). The van der Waals surface area contributed by atoms with Crippen molar-refractivity contribution in [3.8, 4) is 0 Å². The summed E-state index contributed by atoms with van der Waals surface area (Å²) in [5, 5.41) is 4.34. The van der Waals surface area contributed by atoms with Gasteiger partial charge < -0.3 is 9.88 Å². The van der Waals surface area contributed by atoms with E-state index >= 15 is 0 Å². The van der Waals surface area contributed by atoms with Crippen molar-refractivity contribution in [3.05, 3.63) is 64.9 Å². The molecule has 3 aromatic rings. The number of halogens is 2. The van der Waals surface area contributed by atoms with Crippen molar-refractivity contribution in [1.82, 2.24) is 13.9 Å². The molecule has 30 heavy (non-hydrogen) atoms. The van der Waals surface area contributed by atoms with Gasteiger partial charge in [0.05, 0.1) is 17.1 Å². The third-order valence-corrected chi connectivity index (χ3v) is 7.54. The van der Waals surface area contributed by atoms with E-state index in [4.69, 9.17) is 23.2 Å². The lowest BCUT2D eigenvalue weighted by molar-refractivity contribution is -0.116. The lowest BCUT2D eigenvalue weighted by Gasteiger charge is -2.18. The largest absolute Gasteiger partial charge is 0.329 e. The molecular formula is C19H18Cl2N4O3S2. The summed E-state index contributed by atoms with van der Waals surface area (Å²) in [5.41, 5.74) is 0.470. The minimum Gasteiger partial charge on any atom is -0.329 e. The molecule has 1 amide bonds. The molecule has 0 aliphatic heterocycles. The highest BCUT2D eigenvalue weighted by molar-refractivity contribution is 7.99. The lowest BCUT2D eigenvalue weighted by atomic mass is 10.3. The summed E-state index contributed by atoms with van der Waals surface area (Å²) in [7, 11) is -0.639. The van der Waals surface area contributed by atoms with Crippen LogP contribution >= 0.6 is 35.0 Å². The average molecular weight is 485 g/mol. The van der Waals surface area contributed by atoms with Crippen LogP contribution in [0.15, 0.2) is 69.8 Å². The Morgan fingerprint density at radius 2 is 1.83 bits per heavy atom. The number of sulfonamides is 1. The van der Waals surface area contributed by atoms with Crippen molar-refractivity contribution >= 4 is 56.6 Å². The van der Waals surface area contributed by atoms with Gasteiger partial charge >= 0.3 is 0 Å². The van der Waals surface area contributed by atoms with Gasteiger partial charge in [0.15, 0.2) is 5.16 Å². The molecule has 0 aliphatic rings. The SMILES string of the molecule is CN(CC(=O)Nc1cc(Cl)ccc1Sc1nccn1C)S(=O)(=O)c1ccc(Cl)cc1. The summed E-state index contributed by atoms with van der Waals surface area (Å²) < 4.78 is 28.2. The Balaban J connectivity index is 1.75. The number of likely N-dealkylation sites (N-methyl/N-ethyl adjacent to an activating group) is 1. The van der Waals surface area contributed by atoms with Crippen molar-refractivity contribution < 1.29 is 13.2 Å². The Labute approximate surface area is 189 Å². The van der Waals surface area contributed by atoms with Gasteiger partial charge in [0.2, 0.25) is 15.9 Å². The molecule has 0 atom stereocenters. The minimum atomic E-state index is -3.84. The number of carbonyl (C=O) groups is 1. The predicted octanol–water partition coefficient (Wildman–Crippen LogP) is 4.14. The standard InChI is InChI=1S/C19H18Cl2N4O3S2/c1-24-10-9-22-19(24)29-17-8-5-14(21)11-16(17)23-18(26)12-25(2)30(27,28)15-6-3-13(20)4-7-15/h3-11H,12H2,1-2H3,(H,23,26). The van der Waals surface area contributed by atoms with Crippen LogP contribution in [0.2, 0.25) is 10.0 Å². The molecule has 0 spiro atoms. The Morgan fingerprint density at radius 3 is 2.47 bits per heavy atom. The topological polar surface area (TPSA) is 84.3 Å². The van der Waals surface area contributed by atoms with Crippen LogP contribution in [-0.2, 0) is 21.9 Å². The van der Waals surface area contributed by atoms with E-state index in [-0.39, 0.29) is 11.4 Å². The number of carbonyl (C=O) groups excluding carboxylic acids is 1. The number of nitrogens with zero attached hydrogens (tertiary/aromatic N) is 3. The zero-order chi connectivity index (χ0) is 21.9. The average Bonchev–Trinajstić information content (AvgIpc) is 3.08. The number of rotatable bonds is 7. The number of hydrogen-bond acceptors (Lipinski definition) is 5. The number of benzene rings is 2. The lowest BCUT2D eigenvalue weighted by Crippen LogP contribution is -2.35. The predicted molar refractivity (Wildman–Crippen MR) is 119 cm³/mol. The highest BCUT2D eigenvalue weighted by Gasteiger charge is 2.23. The van der Waals surface area contributed by atoms with Gasteiger partial charge in [-0.05, 0) is 54.2 Å². The number of hydrogen-bond donors (Lipinski definition) is 1. The number of anilines is 1. The number of aryl methyl sites for hydroxylation is 1. The second-order valence-corrected chi connectivity index (χ2v) is 10.3. The van der Waals surface area contributed by atoms with Crippen molar-refractivity contribution in [1.29, 1.82) is 0 Å². The number of amides is 1. The zero-order valence-electron chi connectivity index (χ0n) is 16.0. The Morgan fingerprint density at radius 1 is 1.17 bits per heavy atom. The van der Waals surface area contributed by atoms with Crippen molar-refractivity contribution in [2.45, 2.75) is 14.9 Å². The van der Waals surface area contributed by atoms with Crippen molar-refractivity contribution in [2.75, 3.05) is 18.9 Å². The number of imidazole rings is 1. The van der Waals surface area contributed by atoms with Gasteiger partial charge in [-0.15, -0.1) is 0 Å². The number of nitrogens with one attached hydrogen (secondary N) is 1. The second-order valence-electron chi connectivity index (χ2n) is 6.33. The normalized spacial score (nSPS) is 11.6. The molecule has 0 radical (unpaired) electrons. The molecule has 0 saturated heterocycles. The first-order valence-corrected chi connectivity index (χ1v) is 11.6. The molecule has 0 unspecified atom stereocenters. The molecule has 158 valence electrons. The molecule has 7 nitrogen and oxygen atoms in total. The summed E-state index contributed by atoms with van der Waals surface area (Å²) in [6.45, 7) is -0.371. The molecule has 1 heterocycles. The first-order valence-electron chi connectivity index (χ1n) is 8.63. The number of aromatic nitrogens is 2. The molecule has 1 aromatic heterocycles. The van der Waals surface area contributed by atoms with Crippen LogP contribution in [0.1, 0.15) is 0 Å². The summed E-state index contributed by atoms with van der Waals surface area (Å²) >= 11 is 13.3. The minimum absolute atomic E-state index is 0.0518. The van der Waals surface area contributed by atoms with Gasteiger partial charge in [-0.3, -0.25) is 4.79 Å². The van der Waals surface area contributed by atoms with E-state index < -0.39 is 15.9 Å². The van der Waals surface area contributed by atoms with Gasteiger partial charge in [-0.25, -0.2) is 13.4 Å². The van der Waals surface area contributed by atoms with Crippen LogP contribution < -0.4 is 5.32 Å². The van der Waals surface area contributed by atoms with Gasteiger partial charge in [0.1, 0.15) is 0 Å². The monoisotopic (exact) mass is 484 g/mol. The van der Waals surface area contributed by atoms with E-state index in [1.54, 1.807) is 24.4 Å². The first kappa shape index (κ1) is 22.6. The van der Waals surface area contributed by atoms with Gasteiger partial charge in [-0.1, -0.05) is 23.2 Å². The van der Waals surface area contributed by atoms with Crippen LogP contribution in [0, 0.1) is 0 Å². The van der Waals surface area contributed by atoms with Gasteiger partial charge in [-0.2, -0.15) is 4.31 Å². The molecule has 0 fully saturated rings. The summed E-state index contributed by atoms with van der Waals surface area (Å²) in [6.07, 6.45) is 3.49.